The smallest absolute Gasteiger partial charge is 0.138 e. The molecule has 1 aromatic carbocycles. The van der Waals surface area contributed by atoms with Crippen molar-refractivity contribution in [1.29, 1.82) is 0 Å². The van der Waals surface area contributed by atoms with Crippen LogP contribution in [-0.2, 0) is 4.79 Å². The van der Waals surface area contributed by atoms with Crippen LogP contribution in [0.1, 0.15) is 24.9 Å². The van der Waals surface area contributed by atoms with Gasteiger partial charge in [0.25, 0.3) is 0 Å². The fourth-order valence-corrected chi connectivity index (χ4v) is 2.18. The topological polar surface area (TPSA) is 38.3 Å². The van der Waals surface area contributed by atoms with Crippen molar-refractivity contribution in [2.75, 3.05) is 13.7 Å². The molecule has 0 aliphatic carbocycles. The van der Waals surface area contributed by atoms with Crippen LogP contribution in [0.25, 0.3) is 0 Å². The Kier molecular flexibility index (Phi) is 3.25. The maximum Gasteiger partial charge on any atom is 0.138 e. The third-order valence-electron chi connectivity index (χ3n) is 3.20. The molecule has 1 N–H and O–H groups in total. The lowest BCUT2D eigenvalue weighted by molar-refractivity contribution is -0.124. The number of carbonyl (C=O) groups excluding carboxylic acids is 1. The Balaban J connectivity index is 2.25. The maximum atomic E-state index is 11.7. The molecule has 0 bridgehead atoms. The molecule has 2 atom stereocenters. The van der Waals surface area contributed by atoms with E-state index in [1.807, 2.05) is 31.2 Å². The summed E-state index contributed by atoms with van der Waals surface area (Å²) in [5.41, 5.74) is 1.12. The molecule has 86 valence electrons. The summed E-state index contributed by atoms with van der Waals surface area (Å²) in [7, 11) is 1.65. The molecule has 3 heteroatoms. The Morgan fingerprint density at radius 3 is 3.00 bits per heavy atom. The summed E-state index contributed by atoms with van der Waals surface area (Å²) in [4.78, 5) is 11.7. The number of ether oxygens (including phenoxy) is 1. The van der Waals surface area contributed by atoms with Crippen LogP contribution in [-0.4, -0.2) is 19.4 Å². The van der Waals surface area contributed by atoms with Gasteiger partial charge in [-0.05, 0) is 17.7 Å². The molecule has 1 heterocycles. The van der Waals surface area contributed by atoms with Crippen molar-refractivity contribution in [3.05, 3.63) is 29.8 Å². The number of Topliss-reactive ketones (excluding diaryl/α,β-unsaturated/α-hetero) is 1. The third kappa shape index (κ3) is 2.09. The minimum absolute atomic E-state index is 0.0425. The Morgan fingerprint density at radius 2 is 2.25 bits per heavy atom. The third-order valence-corrected chi connectivity index (χ3v) is 3.20. The van der Waals surface area contributed by atoms with Gasteiger partial charge in [-0.15, -0.1) is 0 Å². The van der Waals surface area contributed by atoms with Crippen LogP contribution in [0.5, 0.6) is 5.75 Å². The summed E-state index contributed by atoms with van der Waals surface area (Å²) in [6.45, 7) is 2.75. The number of rotatable bonds is 2. The van der Waals surface area contributed by atoms with E-state index in [2.05, 4.69) is 5.32 Å². The van der Waals surface area contributed by atoms with Crippen LogP contribution < -0.4 is 10.1 Å². The lowest BCUT2D eigenvalue weighted by Gasteiger charge is -2.29. The lowest BCUT2D eigenvalue weighted by atomic mass is 9.87. The summed E-state index contributed by atoms with van der Waals surface area (Å²) in [6, 6.07) is 8.03. The fraction of sp³-hybridized carbons (Fsp3) is 0.462. The Hall–Kier alpha value is -1.35. The number of hydrogen-bond acceptors (Lipinski definition) is 3. The van der Waals surface area contributed by atoms with Crippen molar-refractivity contribution in [3.8, 4) is 5.75 Å². The number of piperidine rings is 1. The van der Waals surface area contributed by atoms with E-state index < -0.39 is 0 Å². The Morgan fingerprint density at radius 1 is 1.44 bits per heavy atom. The van der Waals surface area contributed by atoms with E-state index in [0.717, 1.165) is 17.9 Å². The molecule has 1 aromatic rings. The largest absolute Gasteiger partial charge is 0.497 e. The standard InChI is InChI=1S/C13H17NO2/c1-9-12(15)6-7-14-13(9)10-4-3-5-11(8-10)16-2/h3-5,8-9,13-14H,6-7H2,1-2H3/t9-,13+/m0/s1. The number of benzene rings is 1. The average molecular weight is 219 g/mol. The van der Waals surface area contributed by atoms with E-state index >= 15 is 0 Å². The van der Waals surface area contributed by atoms with Gasteiger partial charge < -0.3 is 10.1 Å². The molecule has 0 spiro atoms. The molecule has 0 amide bonds. The highest BCUT2D eigenvalue weighted by molar-refractivity contribution is 5.82. The summed E-state index contributed by atoms with van der Waals surface area (Å²) in [5.74, 6) is 1.22. The first-order valence-electron chi connectivity index (χ1n) is 5.62. The zero-order valence-corrected chi connectivity index (χ0v) is 9.69. The molecule has 0 radical (unpaired) electrons. The number of hydrogen-bond donors (Lipinski definition) is 1. The van der Waals surface area contributed by atoms with Crippen LogP contribution in [0.2, 0.25) is 0 Å². The van der Waals surface area contributed by atoms with Crippen molar-refractivity contribution >= 4 is 5.78 Å². The molecule has 1 aliphatic rings. The molecule has 16 heavy (non-hydrogen) atoms. The van der Waals surface area contributed by atoms with Crippen LogP contribution >= 0.6 is 0 Å². The monoisotopic (exact) mass is 219 g/mol. The summed E-state index contributed by atoms with van der Waals surface area (Å²) >= 11 is 0. The van der Waals surface area contributed by atoms with Gasteiger partial charge in [0, 0.05) is 24.9 Å². The predicted octanol–water partition coefficient (Wildman–Crippen LogP) is 1.93. The van der Waals surface area contributed by atoms with E-state index in [-0.39, 0.29) is 12.0 Å². The van der Waals surface area contributed by atoms with Gasteiger partial charge in [0.1, 0.15) is 11.5 Å². The second-order valence-corrected chi connectivity index (χ2v) is 4.21. The quantitative estimate of drug-likeness (QED) is 0.826. The second kappa shape index (κ2) is 4.66. The molecule has 3 nitrogen and oxygen atoms in total. The maximum absolute atomic E-state index is 11.7. The summed E-state index contributed by atoms with van der Waals surface area (Å²) in [6.07, 6.45) is 0.641. The van der Waals surface area contributed by atoms with Crippen molar-refractivity contribution in [2.45, 2.75) is 19.4 Å². The predicted molar refractivity (Wildman–Crippen MR) is 62.5 cm³/mol. The molecule has 1 aliphatic heterocycles. The van der Waals surface area contributed by atoms with Gasteiger partial charge in [-0.25, -0.2) is 0 Å². The van der Waals surface area contributed by atoms with E-state index in [9.17, 15) is 4.79 Å². The molecule has 0 unspecified atom stereocenters. The SMILES string of the molecule is COc1cccc([C@@H]2NCCC(=O)[C@@H]2C)c1. The normalized spacial score (nSPS) is 25.5. The first-order chi connectivity index (χ1) is 7.72. The number of nitrogens with one attached hydrogen (secondary N) is 1. The van der Waals surface area contributed by atoms with Gasteiger partial charge in [0.15, 0.2) is 0 Å². The van der Waals surface area contributed by atoms with Gasteiger partial charge in [-0.3, -0.25) is 4.79 Å². The van der Waals surface area contributed by atoms with Crippen LogP contribution in [0, 0.1) is 5.92 Å². The van der Waals surface area contributed by atoms with Crippen molar-refractivity contribution in [1.82, 2.24) is 5.32 Å². The molecular weight excluding hydrogens is 202 g/mol. The van der Waals surface area contributed by atoms with E-state index in [4.69, 9.17) is 4.74 Å². The van der Waals surface area contributed by atoms with Crippen LogP contribution in [0.4, 0.5) is 0 Å². The molecule has 0 aromatic heterocycles. The molecule has 1 saturated heterocycles. The van der Waals surface area contributed by atoms with Crippen LogP contribution in [0.3, 0.4) is 0 Å². The number of methoxy groups -OCH3 is 1. The molecule has 1 fully saturated rings. The van der Waals surface area contributed by atoms with Gasteiger partial charge in [-0.1, -0.05) is 19.1 Å². The first-order valence-corrected chi connectivity index (χ1v) is 5.62. The second-order valence-electron chi connectivity index (χ2n) is 4.21. The number of ketones is 1. The highest BCUT2D eigenvalue weighted by atomic mass is 16.5. The fourth-order valence-electron chi connectivity index (χ4n) is 2.18. The first kappa shape index (κ1) is 11.1. The van der Waals surface area contributed by atoms with Crippen molar-refractivity contribution in [2.24, 2.45) is 5.92 Å². The van der Waals surface area contributed by atoms with E-state index in [1.165, 1.54) is 0 Å². The minimum Gasteiger partial charge on any atom is -0.497 e. The summed E-state index contributed by atoms with van der Waals surface area (Å²) < 4.78 is 5.20. The highest BCUT2D eigenvalue weighted by Gasteiger charge is 2.28. The van der Waals surface area contributed by atoms with Crippen molar-refractivity contribution in [3.63, 3.8) is 0 Å². The highest BCUT2D eigenvalue weighted by Crippen LogP contribution is 2.28. The minimum atomic E-state index is 0.0425. The van der Waals surface area contributed by atoms with Gasteiger partial charge in [0.2, 0.25) is 0 Å². The summed E-state index contributed by atoms with van der Waals surface area (Å²) in [5, 5.41) is 3.39. The van der Waals surface area contributed by atoms with Gasteiger partial charge in [-0.2, -0.15) is 0 Å². The molecular formula is C13H17NO2. The number of carbonyl (C=O) groups is 1. The average Bonchev–Trinajstić information content (AvgIpc) is 2.33. The van der Waals surface area contributed by atoms with Crippen molar-refractivity contribution < 1.29 is 9.53 Å². The molecule has 2 rings (SSSR count). The van der Waals surface area contributed by atoms with Crippen LogP contribution in [0.15, 0.2) is 24.3 Å². The zero-order chi connectivity index (χ0) is 11.5. The van der Waals surface area contributed by atoms with E-state index in [0.29, 0.717) is 12.2 Å². The molecule has 0 saturated carbocycles. The zero-order valence-electron chi connectivity index (χ0n) is 9.69. The Labute approximate surface area is 95.8 Å². The Bertz CT molecular complexity index is 389. The van der Waals surface area contributed by atoms with Gasteiger partial charge in [0.05, 0.1) is 7.11 Å². The lowest BCUT2D eigenvalue weighted by Crippen LogP contribution is -2.38. The van der Waals surface area contributed by atoms with Gasteiger partial charge >= 0.3 is 0 Å². The van der Waals surface area contributed by atoms with E-state index in [1.54, 1.807) is 7.11 Å².